The smallest absolute Gasteiger partial charge is 0.104 e. The van der Waals surface area contributed by atoms with Gasteiger partial charge in [0.2, 0.25) is 0 Å². The number of benzene rings is 1. The first-order valence-corrected chi connectivity index (χ1v) is 6.06. The molecule has 0 atom stereocenters. The van der Waals surface area contributed by atoms with Gasteiger partial charge >= 0.3 is 0 Å². The van der Waals surface area contributed by atoms with Crippen LogP contribution in [0.15, 0.2) is 36.2 Å². The predicted molar refractivity (Wildman–Crippen MR) is 78.6 cm³/mol. The quantitative estimate of drug-likeness (QED) is 0.471. The highest BCUT2D eigenvalue weighted by Gasteiger charge is 2.05. The molecular weight excluding hydrogens is 252 g/mol. The average Bonchev–Trinajstić information content (AvgIpc) is 2.25. The molecule has 0 aliphatic rings. The van der Waals surface area contributed by atoms with Gasteiger partial charge in [0.15, 0.2) is 0 Å². The van der Waals surface area contributed by atoms with Crippen molar-refractivity contribution in [3.63, 3.8) is 0 Å². The summed E-state index contributed by atoms with van der Waals surface area (Å²) < 4.78 is 0. The lowest BCUT2D eigenvalue weighted by molar-refractivity contribution is 0.344. The first kappa shape index (κ1) is 14.0. The molecule has 2 nitrogen and oxygen atoms in total. The highest BCUT2D eigenvalue weighted by atomic mass is 35.5. The Labute approximate surface area is 113 Å². The van der Waals surface area contributed by atoms with Gasteiger partial charge in [-0.1, -0.05) is 36.0 Å². The van der Waals surface area contributed by atoms with Crippen LogP contribution in [0.5, 0.6) is 0 Å². The largest absolute Gasteiger partial charge is 0.364 e. The standard InChI is InChI=1S/C13H17ClN2S/c1-15(2)13(16(3)4)9-12(17)10-5-7-11(14)8-6-10/h5-9H,1-4H3. The van der Waals surface area contributed by atoms with E-state index >= 15 is 0 Å². The lowest BCUT2D eigenvalue weighted by Crippen LogP contribution is -2.25. The summed E-state index contributed by atoms with van der Waals surface area (Å²) in [7, 11) is 7.99. The second-order valence-corrected chi connectivity index (χ2v) is 5.04. The molecule has 0 saturated carbocycles. The number of allylic oxidation sites excluding steroid dienone is 1. The minimum absolute atomic E-state index is 0.723. The molecule has 1 aromatic rings. The number of thiocarbonyl (C=S) groups is 1. The lowest BCUT2D eigenvalue weighted by atomic mass is 10.1. The molecule has 0 saturated heterocycles. The summed E-state index contributed by atoms with van der Waals surface area (Å²) in [6.45, 7) is 0. The summed E-state index contributed by atoms with van der Waals surface area (Å²) >= 11 is 11.3. The lowest BCUT2D eigenvalue weighted by Gasteiger charge is -2.24. The molecule has 0 amide bonds. The summed E-state index contributed by atoms with van der Waals surface area (Å²) in [5.74, 6) is 1.06. The summed E-state index contributed by atoms with van der Waals surface area (Å²) in [6.07, 6.45) is 1.98. The minimum atomic E-state index is 0.723. The monoisotopic (exact) mass is 268 g/mol. The molecule has 0 fully saturated rings. The van der Waals surface area contributed by atoms with Gasteiger partial charge in [0.1, 0.15) is 5.82 Å². The Morgan fingerprint density at radius 1 is 1.06 bits per heavy atom. The molecule has 17 heavy (non-hydrogen) atoms. The molecule has 0 aliphatic carbocycles. The zero-order valence-corrected chi connectivity index (χ0v) is 12.1. The second-order valence-electron chi connectivity index (χ2n) is 4.16. The van der Waals surface area contributed by atoms with E-state index in [2.05, 4.69) is 0 Å². The Bertz CT molecular complexity index is 412. The molecule has 0 bridgehead atoms. The molecule has 4 heteroatoms. The zero-order chi connectivity index (χ0) is 13.0. The second kappa shape index (κ2) is 6.03. The number of nitrogens with zero attached hydrogens (tertiary/aromatic N) is 2. The number of hydrogen-bond donors (Lipinski definition) is 0. The van der Waals surface area contributed by atoms with Crippen LogP contribution in [-0.2, 0) is 0 Å². The van der Waals surface area contributed by atoms with E-state index in [1.165, 1.54) is 0 Å². The van der Waals surface area contributed by atoms with Crippen molar-refractivity contribution >= 4 is 28.7 Å². The fourth-order valence-electron chi connectivity index (χ4n) is 1.47. The van der Waals surface area contributed by atoms with Crippen LogP contribution in [0.25, 0.3) is 0 Å². The first-order chi connectivity index (χ1) is 7.91. The third-order valence-corrected chi connectivity index (χ3v) is 2.91. The van der Waals surface area contributed by atoms with Gasteiger partial charge in [-0.2, -0.15) is 0 Å². The molecule has 0 N–H and O–H groups in total. The Balaban J connectivity index is 2.97. The highest BCUT2D eigenvalue weighted by molar-refractivity contribution is 7.81. The van der Waals surface area contributed by atoms with E-state index in [1.54, 1.807) is 0 Å². The van der Waals surface area contributed by atoms with E-state index in [4.69, 9.17) is 23.8 Å². The third-order valence-electron chi connectivity index (χ3n) is 2.31. The molecule has 0 radical (unpaired) electrons. The number of hydrogen-bond acceptors (Lipinski definition) is 3. The molecule has 92 valence electrons. The molecular formula is C13H17ClN2S. The Morgan fingerprint density at radius 2 is 1.53 bits per heavy atom. The van der Waals surface area contributed by atoms with Gasteiger partial charge in [0.05, 0.1) is 0 Å². The predicted octanol–water partition coefficient (Wildman–Crippen LogP) is 3.02. The van der Waals surface area contributed by atoms with E-state index in [-0.39, 0.29) is 0 Å². The molecule has 0 aliphatic heterocycles. The highest BCUT2D eigenvalue weighted by Crippen LogP contribution is 2.13. The molecule has 0 aromatic heterocycles. The van der Waals surface area contributed by atoms with Crippen molar-refractivity contribution in [1.29, 1.82) is 0 Å². The Morgan fingerprint density at radius 3 is 1.94 bits per heavy atom. The van der Waals surface area contributed by atoms with Gasteiger partial charge < -0.3 is 9.80 Å². The maximum atomic E-state index is 5.85. The molecule has 0 heterocycles. The van der Waals surface area contributed by atoms with Crippen molar-refractivity contribution in [2.45, 2.75) is 0 Å². The van der Waals surface area contributed by atoms with Gasteiger partial charge in [-0.15, -0.1) is 0 Å². The summed E-state index contributed by atoms with van der Waals surface area (Å²) in [6, 6.07) is 7.57. The van der Waals surface area contributed by atoms with Crippen molar-refractivity contribution in [1.82, 2.24) is 9.80 Å². The average molecular weight is 269 g/mol. The maximum Gasteiger partial charge on any atom is 0.104 e. The molecule has 1 aromatic carbocycles. The van der Waals surface area contributed by atoms with Crippen LogP contribution in [0.3, 0.4) is 0 Å². The third kappa shape index (κ3) is 4.02. The van der Waals surface area contributed by atoms with Crippen LogP contribution in [0.1, 0.15) is 5.56 Å². The number of rotatable bonds is 4. The van der Waals surface area contributed by atoms with Crippen molar-refractivity contribution in [3.05, 3.63) is 46.7 Å². The van der Waals surface area contributed by atoms with Crippen molar-refractivity contribution in [2.24, 2.45) is 0 Å². The van der Waals surface area contributed by atoms with Gasteiger partial charge in [-0.25, -0.2) is 0 Å². The van der Waals surface area contributed by atoms with Crippen LogP contribution in [-0.4, -0.2) is 42.9 Å². The maximum absolute atomic E-state index is 5.85. The molecule has 0 spiro atoms. The van der Waals surface area contributed by atoms with Crippen LogP contribution >= 0.6 is 23.8 Å². The Kier molecular flexibility index (Phi) is 4.97. The van der Waals surface area contributed by atoms with E-state index in [9.17, 15) is 0 Å². The minimum Gasteiger partial charge on any atom is -0.364 e. The van der Waals surface area contributed by atoms with Crippen molar-refractivity contribution < 1.29 is 0 Å². The van der Waals surface area contributed by atoms with Crippen molar-refractivity contribution in [3.8, 4) is 0 Å². The van der Waals surface area contributed by atoms with Gasteiger partial charge in [0.25, 0.3) is 0 Å². The van der Waals surface area contributed by atoms with Crippen LogP contribution < -0.4 is 0 Å². The van der Waals surface area contributed by atoms with Gasteiger partial charge in [-0.3, -0.25) is 0 Å². The van der Waals surface area contributed by atoms with Crippen molar-refractivity contribution in [2.75, 3.05) is 28.2 Å². The number of halogens is 1. The fraction of sp³-hybridized carbons (Fsp3) is 0.308. The Hall–Kier alpha value is -1.06. The molecule has 0 unspecified atom stereocenters. The summed E-state index contributed by atoms with van der Waals surface area (Å²) in [5.41, 5.74) is 1.01. The van der Waals surface area contributed by atoms with Crippen LogP contribution in [0, 0.1) is 0 Å². The summed E-state index contributed by atoms with van der Waals surface area (Å²) in [5, 5.41) is 0.723. The SMILES string of the molecule is CN(C)C(=CC(=S)c1ccc(Cl)cc1)N(C)C. The fourth-order valence-corrected chi connectivity index (χ4v) is 1.84. The van der Waals surface area contributed by atoms with E-state index in [0.717, 1.165) is 21.3 Å². The van der Waals surface area contributed by atoms with Crippen LogP contribution in [0.4, 0.5) is 0 Å². The summed E-state index contributed by atoms with van der Waals surface area (Å²) in [4.78, 5) is 4.86. The van der Waals surface area contributed by atoms with Gasteiger partial charge in [-0.05, 0) is 23.8 Å². The first-order valence-electron chi connectivity index (χ1n) is 5.28. The van der Waals surface area contributed by atoms with E-state index < -0.39 is 0 Å². The van der Waals surface area contributed by atoms with Gasteiger partial charge in [0, 0.05) is 38.1 Å². The normalized spacial score (nSPS) is 9.71. The van der Waals surface area contributed by atoms with E-state index in [0.29, 0.717) is 0 Å². The molecule has 1 rings (SSSR count). The van der Waals surface area contributed by atoms with Crippen LogP contribution in [0.2, 0.25) is 5.02 Å². The zero-order valence-electron chi connectivity index (χ0n) is 10.6. The topological polar surface area (TPSA) is 6.48 Å². The van der Waals surface area contributed by atoms with E-state index in [1.807, 2.05) is 68.3 Å².